The summed E-state index contributed by atoms with van der Waals surface area (Å²) < 4.78 is 0. The lowest BCUT2D eigenvalue weighted by molar-refractivity contribution is 0.144. The first-order chi connectivity index (χ1) is 9.33. The molecule has 0 aliphatic heterocycles. The van der Waals surface area contributed by atoms with E-state index in [1.54, 1.807) is 0 Å². The van der Waals surface area contributed by atoms with Crippen LogP contribution in [0.1, 0.15) is 47.5 Å². The Morgan fingerprint density at radius 1 is 1.05 bits per heavy atom. The van der Waals surface area contributed by atoms with Crippen molar-refractivity contribution in [1.29, 1.82) is 0 Å². The molecule has 0 aliphatic rings. The van der Waals surface area contributed by atoms with Crippen molar-refractivity contribution in [2.24, 2.45) is 11.3 Å². The van der Waals surface area contributed by atoms with Crippen molar-refractivity contribution in [3.63, 3.8) is 0 Å². The van der Waals surface area contributed by atoms with Crippen LogP contribution >= 0.6 is 0 Å². The summed E-state index contributed by atoms with van der Waals surface area (Å²) in [7, 11) is 4.32. The molecule has 0 fully saturated rings. The van der Waals surface area contributed by atoms with E-state index < -0.39 is 0 Å². The van der Waals surface area contributed by atoms with Crippen LogP contribution in [0.5, 0.6) is 0 Å². The van der Waals surface area contributed by atoms with Crippen LogP contribution in [0.4, 0.5) is 0 Å². The maximum atomic E-state index is 3.65. The second-order valence-electron chi connectivity index (χ2n) is 7.27. The number of nitrogens with one attached hydrogen (secondary N) is 1. The summed E-state index contributed by atoms with van der Waals surface area (Å²) in [6.45, 7) is 18.6. The Hall–Kier alpha value is -0.120. The maximum Gasteiger partial charge on any atom is 0.0109 e. The van der Waals surface area contributed by atoms with Gasteiger partial charge < -0.3 is 15.1 Å². The quantitative estimate of drug-likeness (QED) is 0.595. The lowest BCUT2D eigenvalue weighted by atomic mass is 9.86. The van der Waals surface area contributed by atoms with Crippen molar-refractivity contribution in [2.75, 3.05) is 53.4 Å². The molecule has 0 aromatic rings. The molecule has 0 amide bonds. The molecule has 0 rings (SSSR count). The van der Waals surface area contributed by atoms with Gasteiger partial charge in [0.05, 0.1) is 0 Å². The Balaban J connectivity index is 4.35. The molecule has 0 radical (unpaired) electrons. The first-order valence-electron chi connectivity index (χ1n) is 8.40. The van der Waals surface area contributed by atoms with E-state index in [4.69, 9.17) is 0 Å². The fourth-order valence-electron chi connectivity index (χ4n) is 2.42. The lowest BCUT2D eigenvalue weighted by Crippen LogP contribution is -2.44. The van der Waals surface area contributed by atoms with Gasteiger partial charge in [0.15, 0.2) is 0 Å². The Labute approximate surface area is 128 Å². The second-order valence-corrected chi connectivity index (χ2v) is 7.27. The summed E-state index contributed by atoms with van der Waals surface area (Å²) in [5, 5.41) is 3.65. The first kappa shape index (κ1) is 19.9. The van der Waals surface area contributed by atoms with Crippen molar-refractivity contribution in [3.05, 3.63) is 0 Å². The molecule has 122 valence electrons. The molecular weight excluding hydrogens is 246 g/mol. The summed E-state index contributed by atoms with van der Waals surface area (Å²) in [6.07, 6.45) is 2.48. The Morgan fingerprint density at radius 3 is 2.15 bits per heavy atom. The minimum Gasteiger partial charge on any atom is -0.316 e. The van der Waals surface area contributed by atoms with Gasteiger partial charge in [-0.1, -0.05) is 34.6 Å². The molecule has 20 heavy (non-hydrogen) atoms. The zero-order valence-corrected chi connectivity index (χ0v) is 15.1. The van der Waals surface area contributed by atoms with Crippen molar-refractivity contribution in [3.8, 4) is 0 Å². The zero-order chi connectivity index (χ0) is 15.6. The highest BCUT2D eigenvalue weighted by atomic mass is 15.2. The summed E-state index contributed by atoms with van der Waals surface area (Å²) in [6, 6.07) is 0. The fourth-order valence-corrected chi connectivity index (χ4v) is 2.42. The molecule has 0 saturated heterocycles. The first-order valence-corrected chi connectivity index (χ1v) is 8.40. The number of hydrogen-bond donors (Lipinski definition) is 1. The van der Waals surface area contributed by atoms with Crippen molar-refractivity contribution < 1.29 is 0 Å². The molecule has 1 N–H and O–H groups in total. The number of hydrogen-bond acceptors (Lipinski definition) is 3. The van der Waals surface area contributed by atoms with Crippen molar-refractivity contribution in [1.82, 2.24) is 15.1 Å². The van der Waals surface area contributed by atoms with Crippen LogP contribution < -0.4 is 5.32 Å². The average Bonchev–Trinajstić information content (AvgIpc) is 2.35. The largest absolute Gasteiger partial charge is 0.316 e. The Kier molecular flexibility index (Phi) is 10.5. The highest BCUT2D eigenvalue weighted by Gasteiger charge is 2.24. The third-order valence-corrected chi connectivity index (χ3v) is 3.97. The Bertz CT molecular complexity index is 228. The van der Waals surface area contributed by atoms with Gasteiger partial charge in [-0.25, -0.2) is 0 Å². The third kappa shape index (κ3) is 9.73. The molecule has 0 saturated carbocycles. The molecule has 0 bridgehead atoms. The highest BCUT2D eigenvalue weighted by Crippen LogP contribution is 2.22. The molecule has 0 heterocycles. The Morgan fingerprint density at radius 2 is 1.70 bits per heavy atom. The van der Waals surface area contributed by atoms with Crippen LogP contribution in [0.25, 0.3) is 0 Å². The molecule has 0 aliphatic carbocycles. The van der Waals surface area contributed by atoms with E-state index in [0.717, 1.165) is 25.6 Å². The van der Waals surface area contributed by atoms with Gasteiger partial charge in [0.2, 0.25) is 0 Å². The maximum absolute atomic E-state index is 3.65. The minimum absolute atomic E-state index is 0.385. The van der Waals surface area contributed by atoms with Gasteiger partial charge in [-0.3, -0.25) is 0 Å². The van der Waals surface area contributed by atoms with Gasteiger partial charge in [-0.15, -0.1) is 0 Å². The smallest absolute Gasteiger partial charge is 0.0109 e. The van der Waals surface area contributed by atoms with E-state index in [1.165, 1.54) is 32.5 Å². The summed E-state index contributed by atoms with van der Waals surface area (Å²) in [5.41, 5.74) is 0.385. The van der Waals surface area contributed by atoms with Crippen molar-refractivity contribution >= 4 is 0 Å². The van der Waals surface area contributed by atoms with Gasteiger partial charge in [-0.2, -0.15) is 0 Å². The highest BCUT2D eigenvalue weighted by molar-refractivity contribution is 4.80. The number of nitrogens with zero attached hydrogens (tertiary/aromatic N) is 2. The van der Waals surface area contributed by atoms with Crippen LogP contribution in [0.15, 0.2) is 0 Å². The van der Waals surface area contributed by atoms with E-state index in [-0.39, 0.29) is 0 Å². The minimum atomic E-state index is 0.385. The molecule has 0 spiro atoms. The fraction of sp³-hybridized carbons (Fsp3) is 1.00. The van der Waals surface area contributed by atoms with E-state index in [0.29, 0.717) is 5.41 Å². The number of rotatable bonds is 12. The summed E-state index contributed by atoms with van der Waals surface area (Å²) >= 11 is 0. The molecule has 1 atom stereocenters. The third-order valence-electron chi connectivity index (χ3n) is 3.97. The monoisotopic (exact) mass is 285 g/mol. The van der Waals surface area contributed by atoms with Crippen LogP contribution in [-0.2, 0) is 0 Å². The average molecular weight is 286 g/mol. The van der Waals surface area contributed by atoms with Gasteiger partial charge in [-0.05, 0) is 51.4 Å². The van der Waals surface area contributed by atoms with Crippen LogP contribution in [0.2, 0.25) is 0 Å². The summed E-state index contributed by atoms with van der Waals surface area (Å²) in [4.78, 5) is 4.92. The zero-order valence-electron chi connectivity index (χ0n) is 15.1. The molecule has 1 unspecified atom stereocenters. The number of likely N-dealkylation sites (N-methyl/N-ethyl adjacent to an activating group) is 1. The SMILES string of the molecule is CCCN(CCN(C)C)CC(C)(CC)CNCC(C)C. The van der Waals surface area contributed by atoms with Gasteiger partial charge in [0.1, 0.15) is 0 Å². The molecule has 0 aromatic heterocycles. The van der Waals surface area contributed by atoms with E-state index in [1.807, 2.05) is 0 Å². The van der Waals surface area contributed by atoms with Crippen LogP contribution in [0, 0.1) is 11.3 Å². The van der Waals surface area contributed by atoms with Gasteiger partial charge in [0.25, 0.3) is 0 Å². The van der Waals surface area contributed by atoms with E-state index in [9.17, 15) is 0 Å². The topological polar surface area (TPSA) is 18.5 Å². The van der Waals surface area contributed by atoms with E-state index in [2.05, 4.69) is 63.8 Å². The standard InChI is InChI=1S/C17H39N3/c1-8-10-20(12-11-19(6)7)15-17(5,9-2)14-18-13-16(3)4/h16,18H,8-15H2,1-7H3. The normalized spacial score (nSPS) is 15.3. The van der Waals surface area contributed by atoms with Gasteiger partial charge in [0, 0.05) is 26.2 Å². The van der Waals surface area contributed by atoms with Crippen molar-refractivity contribution in [2.45, 2.75) is 47.5 Å². The predicted molar refractivity (Wildman–Crippen MR) is 91.4 cm³/mol. The molecule has 3 heteroatoms. The van der Waals surface area contributed by atoms with Gasteiger partial charge >= 0.3 is 0 Å². The lowest BCUT2D eigenvalue weighted by Gasteiger charge is -2.36. The summed E-state index contributed by atoms with van der Waals surface area (Å²) in [5.74, 6) is 0.733. The van der Waals surface area contributed by atoms with Crippen LogP contribution in [-0.4, -0.2) is 63.2 Å². The molecular formula is C17H39N3. The predicted octanol–water partition coefficient (Wildman–Crippen LogP) is 2.92. The molecule has 0 aromatic carbocycles. The van der Waals surface area contributed by atoms with Crippen LogP contribution in [0.3, 0.4) is 0 Å². The second kappa shape index (κ2) is 10.6. The molecule has 3 nitrogen and oxygen atoms in total. The van der Waals surface area contributed by atoms with E-state index >= 15 is 0 Å².